The van der Waals surface area contributed by atoms with Gasteiger partial charge in [0, 0.05) is 34.3 Å². The van der Waals surface area contributed by atoms with E-state index in [2.05, 4.69) is 15.6 Å². The van der Waals surface area contributed by atoms with Crippen LogP contribution in [0, 0.1) is 0 Å². The van der Waals surface area contributed by atoms with Crippen molar-refractivity contribution in [3.8, 4) is 11.3 Å². The third-order valence-electron chi connectivity index (χ3n) is 4.90. The normalized spacial score (nSPS) is 10.5. The van der Waals surface area contributed by atoms with Crippen LogP contribution in [0.4, 0.5) is 11.4 Å². The summed E-state index contributed by atoms with van der Waals surface area (Å²) in [4.78, 5) is 41.0. The van der Waals surface area contributed by atoms with Gasteiger partial charge in [-0.2, -0.15) is 0 Å². The minimum atomic E-state index is -0.634. The van der Waals surface area contributed by atoms with Gasteiger partial charge < -0.3 is 15.4 Å². The number of rotatable bonds is 6. The second kappa shape index (κ2) is 10.1. The Morgan fingerprint density at radius 2 is 1.53 bits per heavy atom. The van der Waals surface area contributed by atoms with E-state index in [-0.39, 0.29) is 5.91 Å². The van der Waals surface area contributed by atoms with Crippen LogP contribution in [-0.4, -0.2) is 29.4 Å². The zero-order valence-corrected chi connectivity index (χ0v) is 18.9. The highest BCUT2D eigenvalue weighted by Crippen LogP contribution is 2.26. The van der Waals surface area contributed by atoms with Crippen molar-refractivity contribution in [2.24, 2.45) is 0 Å². The highest BCUT2D eigenvalue weighted by molar-refractivity contribution is 6.30. The number of nitrogens with one attached hydrogen (secondary N) is 2. The maximum absolute atomic E-state index is 12.9. The lowest BCUT2D eigenvalue weighted by molar-refractivity contribution is -0.119. The lowest BCUT2D eigenvalue weighted by atomic mass is 10.0. The monoisotopic (exact) mass is 473 g/mol. The predicted molar refractivity (Wildman–Crippen MR) is 132 cm³/mol. The van der Waals surface area contributed by atoms with Crippen molar-refractivity contribution in [1.82, 2.24) is 4.98 Å². The Hall–Kier alpha value is -4.23. The number of pyridine rings is 1. The number of nitrogens with zero attached hydrogens (tertiary/aromatic N) is 1. The van der Waals surface area contributed by atoms with Crippen LogP contribution in [0.25, 0.3) is 22.2 Å². The number of carbonyl (C=O) groups excluding carboxylic acids is 3. The van der Waals surface area contributed by atoms with Crippen molar-refractivity contribution in [1.29, 1.82) is 0 Å². The highest BCUT2D eigenvalue weighted by Gasteiger charge is 2.17. The molecule has 0 saturated carbocycles. The maximum Gasteiger partial charge on any atom is 0.339 e. The molecular weight excluding hydrogens is 454 g/mol. The largest absolute Gasteiger partial charge is 0.452 e. The fraction of sp³-hybridized carbons (Fsp3) is 0.0769. The molecule has 8 heteroatoms. The second-order valence-corrected chi connectivity index (χ2v) is 7.90. The van der Waals surface area contributed by atoms with E-state index in [0.29, 0.717) is 38.6 Å². The first-order chi connectivity index (χ1) is 16.4. The van der Waals surface area contributed by atoms with Gasteiger partial charge in [0.05, 0.1) is 16.8 Å². The second-order valence-electron chi connectivity index (χ2n) is 7.46. The summed E-state index contributed by atoms with van der Waals surface area (Å²) in [6.45, 7) is 0.952. The zero-order valence-electron chi connectivity index (χ0n) is 18.2. The van der Waals surface area contributed by atoms with Crippen molar-refractivity contribution in [3.05, 3.63) is 89.4 Å². The Labute approximate surface area is 200 Å². The van der Waals surface area contributed by atoms with Crippen LogP contribution < -0.4 is 10.6 Å². The van der Waals surface area contributed by atoms with Gasteiger partial charge in [-0.05, 0) is 48.5 Å². The lowest BCUT2D eigenvalue weighted by Gasteiger charge is -2.11. The lowest BCUT2D eigenvalue weighted by Crippen LogP contribution is -2.21. The van der Waals surface area contributed by atoms with E-state index >= 15 is 0 Å². The van der Waals surface area contributed by atoms with Crippen LogP contribution in [0.2, 0.25) is 5.02 Å². The number of carbonyl (C=O) groups is 3. The molecule has 3 aromatic carbocycles. The molecule has 7 nitrogen and oxygen atoms in total. The third-order valence-corrected chi connectivity index (χ3v) is 5.15. The smallest absolute Gasteiger partial charge is 0.339 e. The van der Waals surface area contributed by atoms with E-state index in [4.69, 9.17) is 16.3 Å². The van der Waals surface area contributed by atoms with E-state index in [1.165, 1.54) is 6.92 Å². The van der Waals surface area contributed by atoms with Crippen molar-refractivity contribution in [2.75, 3.05) is 17.2 Å². The molecule has 1 aromatic heterocycles. The molecule has 170 valence electrons. The number of hydrogen-bond donors (Lipinski definition) is 2. The Bertz CT molecular complexity index is 1370. The van der Waals surface area contributed by atoms with E-state index < -0.39 is 18.5 Å². The summed E-state index contributed by atoms with van der Waals surface area (Å²) in [5, 5.41) is 6.52. The quantitative estimate of drug-likeness (QED) is 0.370. The van der Waals surface area contributed by atoms with Gasteiger partial charge in [0.2, 0.25) is 5.91 Å². The number of para-hydroxylation sites is 1. The summed E-state index contributed by atoms with van der Waals surface area (Å²) >= 11 is 5.98. The van der Waals surface area contributed by atoms with E-state index in [0.717, 1.165) is 5.56 Å². The summed E-state index contributed by atoms with van der Waals surface area (Å²) in [6.07, 6.45) is 0. The summed E-state index contributed by atoms with van der Waals surface area (Å²) < 4.78 is 5.30. The molecule has 0 aliphatic carbocycles. The van der Waals surface area contributed by atoms with Crippen molar-refractivity contribution in [2.45, 2.75) is 6.92 Å². The van der Waals surface area contributed by atoms with Gasteiger partial charge in [-0.1, -0.05) is 41.9 Å². The molecule has 0 radical (unpaired) electrons. The molecule has 0 aliphatic heterocycles. The molecule has 0 bridgehead atoms. The molecule has 2 amide bonds. The highest BCUT2D eigenvalue weighted by atomic mass is 35.5. The molecule has 4 rings (SSSR count). The topological polar surface area (TPSA) is 97.4 Å². The number of ether oxygens (including phenoxy) is 1. The number of halogens is 1. The molecule has 0 aliphatic rings. The molecule has 0 saturated heterocycles. The van der Waals surface area contributed by atoms with Crippen LogP contribution in [0.15, 0.2) is 78.9 Å². The Balaban J connectivity index is 1.48. The molecule has 0 spiro atoms. The molecule has 2 N–H and O–H groups in total. The minimum Gasteiger partial charge on any atom is -0.452 e. The molecular formula is C26H20ClN3O4. The van der Waals surface area contributed by atoms with E-state index in [1.54, 1.807) is 54.6 Å². The number of anilines is 2. The minimum absolute atomic E-state index is 0.188. The van der Waals surface area contributed by atoms with Crippen LogP contribution in [0.1, 0.15) is 17.3 Å². The number of amides is 2. The summed E-state index contributed by atoms with van der Waals surface area (Å²) in [5.74, 6) is -1.31. The van der Waals surface area contributed by atoms with Gasteiger partial charge in [-0.25, -0.2) is 9.78 Å². The number of fused-ring (bicyclic) bond motifs is 1. The molecule has 1 heterocycles. The molecule has 0 unspecified atom stereocenters. The predicted octanol–water partition coefficient (Wildman–Crippen LogP) is 5.31. The average molecular weight is 474 g/mol. The molecule has 34 heavy (non-hydrogen) atoms. The van der Waals surface area contributed by atoms with Gasteiger partial charge in [-0.3, -0.25) is 9.59 Å². The van der Waals surface area contributed by atoms with E-state index in [9.17, 15) is 14.4 Å². The van der Waals surface area contributed by atoms with Gasteiger partial charge in [-0.15, -0.1) is 0 Å². The van der Waals surface area contributed by atoms with Gasteiger partial charge in [0.25, 0.3) is 5.91 Å². The molecule has 0 fully saturated rings. The van der Waals surface area contributed by atoms with E-state index in [1.807, 2.05) is 24.3 Å². The summed E-state index contributed by atoms with van der Waals surface area (Å²) in [7, 11) is 0. The number of benzene rings is 3. The van der Waals surface area contributed by atoms with Crippen LogP contribution in [0.5, 0.6) is 0 Å². The standard InChI is InChI=1S/C26H20ClN3O4/c1-16(31)28-19-10-12-20(13-11-19)29-25(32)15-34-26(33)22-14-24(17-6-8-18(27)9-7-17)30-23-5-3-2-4-21(22)23/h2-14H,15H2,1H3,(H,28,31)(H,29,32). The summed E-state index contributed by atoms with van der Waals surface area (Å²) in [6, 6.07) is 22.6. The van der Waals surface area contributed by atoms with Crippen molar-refractivity contribution >= 4 is 51.7 Å². The van der Waals surface area contributed by atoms with Crippen molar-refractivity contribution < 1.29 is 19.1 Å². The van der Waals surface area contributed by atoms with Crippen LogP contribution in [0.3, 0.4) is 0 Å². The first-order valence-corrected chi connectivity index (χ1v) is 10.8. The fourth-order valence-electron chi connectivity index (χ4n) is 3.36. The zero-order chi connectivity index (χ0) is 24.1. The number of aromatic nitrogens is 1. The van der Waals surface area contributed by atoms with Crippen LogP contribution >= 0.6 is 11.6 Å². The first kappa shape index (κ1) is 22.9. The molecule has 4 aromatic rings. The van der Waals surface area contributed by atoms with Crippen LogP contribution in [-0.2, 0) is 14.3 Å². The third kappa shape index (κ3) is 5.57. The Kier molecular flexibility index (Phi) is 6.85. The first-order valence-electron chi connectivity index (χ1n) is 10.4. The summed E-state index contributed by atoms with van der Waals surface area (Å²) in [5.41, 5.74) is 3.44. The number of esters is 1. The van der Waals surface area contributed by atoms with Gasteiger partial charge in [0.15, 0.2) is 6.61 Å². The van der Waals surface area contributed by atoms with Gasteiger partial charge >= 0.3 is 5.97 Å². The maximum atomic E-state index is 12.9. The molecule has 0 atom stereocenters. The van der Waals surface area contributed by atoms with Gasteiger partial charge in [0.1, 0.15) is 0 Å². The Morgan fingerprint density at radius 1 is 0.882 bits per heavy atom. The Morgan fingerprint density at radius 3 is 2.21 bits per heavy atom. The average Bonchev–Trinajstić information content (AvgIpc) is 2.83. The number of hydrogen-bond acceptors (Lipinski definition) is 5. The fourth-order valence-corrected chi connectivity index (χ4v) is 3.48. The van der Waals surface area contributed by atoms with Crippen molar-refractivity contribution in [3.63, 3.8) is 0 Å². The SMILES string of the molecule is CC(=O)Nc1ccc(NC(=O)COC(=O)c2cc(-c3ccc(Cl)cc3)nc3ccccc23)cc1.